The Balaban J connectivity index is 3.08. The van der Waals surface area contributed by atoms with Crippen molar-refractivity contribution >= 4 is 21.7 Å². The first kappa shape index (κ1) is 18.1. The molecule has 0 saturated carbocycles. The maximum absolute atomic E-state index is 13.9. The van der Waals surface area contributed by atoms with Crippen LogP contribution in [0.25, 0.3) is 0 Å². The predicted octanol–water partition coefficient (Wildman–Crippen LogP) is 1.42. The fraction of sp³-hybridized carbons (Fsp3) is 0.429. The Morgan fingerprint density at radius 2 is 1.82 bits per heavy atom. The van der Waals surface area contributed by atoms with Crippen LogP contribution in [0, 0.1) is 5.82 Å². The number of carbonyl (C=O) groups is 2. The topological polar surface area (TPSA) is 91.8 Å². The number of hydrogen-bond acceptors (Lipinski definition) is 4. The third-order valence-corrected chi connectivity index (χ3v) is 5.48. The SMILES string of the molecule is CC(C(C)S(C)(=O)=O)N(C)C(=O)c1ccc(C(=O)O)cc1F. The summed E-state index contributed by atoms with van der Waals surface area (Å²) in [5, 5.41) is 7.95. The zero-order valence-corrected chi connectivity index (χ0v) is 13.5. The molecule has 122 valence electrons. The van der Waals surface area contributed by atoms with Gasteiger partial charge in [-0.3, -0.25) is 4.79 Å². The zero-order chi connectivity index (χ0) is 17.2. The van der Waals surface area contributed by atoms with E-state index in [0.29, 0.717) is 0 Å². The Bertz CT molecular complexity index is 701. The van der Waals surface area contributed by atoms with Gasteiger partial charge in [-0.15, -0.1) is 0 Å². The minimum Gasteiger partial charge on any atom is -0.478 e. The van der Waals surface area contributed by atoms with Gasteiger partial charge in [0.25, 0.3) is 5.91 Å². The quantitative estimate of drug-likeness (QED) is 0.881. The van der Waals surface area contributed by atoms with Gasteiger partial charge in [-0.25, -0.2) is 17.6 Å². The maximum Gasteiger partial charge on any atom is 0.335 e. The molecule has 0 saturated heterocycles. The average molecular weight is 331 g/mol. The normalized spacial score (nSPS) is 14.2. The van der Waals surface area contributed by atoms with Crippen molar-refractivity contribution in [3.63, 3.8) is 0 Å². The Morgan fingerprint density at radius 1 is 1.27 bits per heavy atom. The molecule has 0 radical (unpaired) electrons. The van der Waals surface area contributed by atoms with Crippen LogP contribution >= 0.6 is 0 Å². The van der Waals surface area contributed by atoms with Gasteiger partial charge < -0.3 is 10.0 Å². The molecule has 1 N–H and O–H groups in total. The highest BCUT2D eigenvalue weighted by atomic mass is 32.2. The van der Waals surface area contributed by atoms with Crippen molar-refractivity contribution in [3.05, 3.63) is 35.1 Å². The average Bonchev–Trinajstić information content (AvgIpc) is 2.42. The summed E-state index contributed by atoms with van der Waals surface area (Å²) in [7, 11) is -1.98. The summed E-state index contributed by atoms with van der Waals surface area (Å²) < 4.78 is 37.0. The summed E-state index contributed by atoms with van der Waals surface area (Å²) in [6, 6.07) is 2.29. The third-order valence-electron chi connectivity index (χ3n) is 3.73. The molecule has 2 atom stereocenters. The fourth-order valence-corrected chi connectivity index (χ4v) is 2.77. The summed E-state index contributed by atoms with van der Waals surface area (Å²) >= 11 is 0. The number of amides is 1. The first-order valence-corrected chi connectivity index (χ1v) is 8.41. The Morgan fingerprint density at radius 3 is 2.23 bits per heavy atom. The van der Waals surface area contributed by atoms with Gasteiger partial charge in [-0.2, -0.15) is 0 Å². The lowest BCUT2D eigenvalue weighted by atomic mass is 10.1. The highest BCUT2D eigenvalue weighted by Gasteiger charge is 2.29. The molecule has 0 aliphatic carbocycles. The number of aromatic carboxylic acids is 1. The molecule has 0 spiro atoms. The lowest BCUT2D eigenvalue weighted by Crippen LogP contribution is -2.44. The number of carbonyl (C=O) groups excluding carboxylic acids is 1. The van der Waals surface area contributed by atoms with E-state index in [2.05, 4.69) is 0 Å². The minimum absolute atomic E-state index is 0.269. The second kappa shape index (κ2) is 6.43. The molecule has 8 heteroatoms. The second-order valence-corrected chi connectivity index (χ2v) is 7.59. The monoisotopic (exact) mass is 331 g/mol. The van der Waals surface area contributed by atoms with Gasteiger partial charge in [0, 0.05) is 19.3 Å². The molecular weight excluding hydrogens is 313 g/mol. The Hall–Kier alpha value is -1.96. The molecular formula is C14H18FNO5S. The van der Waals surface area contributed by atoms with E-state index in [-0.39, 0.29) is 11.1 Å². The van der Waals surface area contributed by atoms with Gasteiger partial charge in [0.05, 0.1) is 16.4 Å². The van der Waals surface area contributed by atoms with Crippen molar-refractivity contribution in [2.45, 2.75) is 25.1 Å². The predicted molar refractivity (Wildman–Crippen MR) is 79.2 cm³/mol. The van der Waals surface area contributed by atoms with Crippen molar-refractivity contribution in [2.24, 2.45) is 0 Å². The van der Waals surface area contributed by atoms with Crippen LogP contribution in [-0.4, -0.2) is 54.9 Å². The number of carboxylic acid groups (broad SMARTS) is 1. The van der Waals surface area contributed by atoms with Crippen LogP contribution in [0.4, 0.5) is 4.39 Å². The molecule has 0 aliphatic rings. The van der Waals surface area contributed by atoms with Gasteiger partial charge in [-0.05, 0) is 32.0 Å². The summed E-state index contributed by atoms with van der Waals surface area (Å²) in [5.74, 6) is -2.97. The van der Waals surface area contributed by atoms with Gasteiger partial charge in [-0.1, -0.05) is 0 Å². The number of nitrogens with zero attached hydrogens (tertiary/aromatic N) is 1. The molecule has 0 heterocycles. The van der Waals surface area contributed by atoms with E-state index < -0.39 is 38.8 Å². The van der Waals surface area contributed by atoms with Crippen LogP contribution in [0.3, 0.4) is 0 Å². The lowest BCUT2D eigenvalue weighted by Gasteiger charge is -2.29. The van der Waals surface area contributed by atoms with Gasteiger partial charge in [0.15, 0.2) is 9.84 Å². The van der Waals surface area contributed by atoms with E-state index in [4.69, 9.17) is 5.11 Å². The minimum atomic E-state index is -3.36. The van der Waals surface area contributed by atoms with E-state index in [9.17, 15) is 22.4 Å². The zero-order valence-electron chi connectivity index (χ0n) is 12.7. The molecule has 6 nitrogen and oxygen atoms in total. The second-order valence-electron chi connectivity index (χ2n) is 5.19. The number of carboxylic acids is 1. The number of rotatable bonds is 5. The molecule has 0 aromatic heterocycles. The van der Waals surface area contributed by atoms with Crippen molar-refractivity contribution in [1.82, 2.24) is 4.90 Å². The first-order chi connectivity index (χ1) is 9.96. The molecule has 0 bridgehead atoms. The van der Waals surface area contributed by atoms with Gasteiger partial charge in [0.1, 0.15) is 5.82 Å². The molecule has 0 fully saturated rings. The van der Waals surface area contributed by atoms with Crippen LogP contribution < -0.4 is 0 Å². The van der Waals surface area contributed by atoms with E-state index in [1.807, 2.05) is 0 Å². The lowest BCUT2D eigenvalue weighted by molar-refractivity contribution is 0.0691. The molecule has 1 aromatic carbocycles. The molecule has 2 unspecified atom stereocenters. The summed E-state index contributed by atoms with van der Waals surface area (Å²) in [6.45, 7) is 3.01. The summed E-state index contributed by atoms with van der Waals surface area (Å²) in [5.41, 5.74) is -0.575. The van der Waals surface area contributed by atoms with Crippen LogP contribution in [0.5, 0.6) is 0 Å². The smallest absolute Gasteiger partial charge is 0.335 e. The molecule has 0 aliphatic heterocycles. The highest BCUT2D eigenvalue weighted by molar-refractivity contribution is 7.91. The summed E-state index contributed by atoms with van der Waals surface area (Å²) in [4.78, 5) is 24.1. The van der Waals surface area contributed by atoms with Crippen molar-refractivity contribution in [3.8, 4) is 0 Å². The van der Waals surface area contributed by atoms with Crippen LogP contribution in [0.1, 0.15) is 34.6 Å². The molecule has 1 amide bonds. The number of halogens is 1. The summed E-state index contributed by atoms with van der Waals surface area (Å²) in [6.07, 6.45) is 1.06. The van der Waals surface area contributed by atoms with E-state index >= 15 is 0 Å². The molecule has 22 heavy (non-hydrogen) atoms. The Labute approximate surface area is 128 Å². The van der Waals surface area contributed by atoms with Crippen LogP contribution in [-0.2, 0) is 9.84 Å². The van der Waals surface area contributed by atoms with E-state index in [0.717, 1.165) is 29.4 Å². The van der Waals surface area contributed by atoms with Crippen LogP contribution in [0.2, 0.25) is 0 Å². The number of hydrogen-bond donors (Lipinski definition) is 1. The van der Waals surface area contributed by atoms with Crippen LogP contribution in [0.15, 0.2) is 18.2 Å². The number of benzene rings is 1. The van der Waals surface area contributed by atoms with Gasteiger partial charge >= 0.3 is 5.97 Å². The van der Waals surface area contributed by atoms with Crippen molar-refractivity contribution < 1.29 is 27.5 Å². The maximum atomic E-state index is 13.9. The van der Waals surface area contributed by atoms with Gasteiger partial charge in [0.2, 0.25) is 0 Å². The number of sulfone groups is 1. The Kier molecular flexibility index (Phi) is 5.29. The first-order valence-electron chi connectivity index (χ1n) is 6.45. The van der Waals surface area contributed by atoms with E-state index in [1.165, 1.54) is 14.0 Å². The largest absolute Gasteiger partial charge is 0.478 e. The van der Waals surface area contributed by atoms with Crippen molar-refractivity contribution in [1.29, 1.82) is 0 Å². The fourth-order valence-electron chi connectivity index (χ4n) is 1.87. The highest BCUT2D eigenvalue weighted by Crippen LogP contribution is 2.17. The van der Waals surface area contributed by atoms with E-state index in [1.54, 1.807) is 6.92 Å². The third kappa shape index (κ3) is 3.82. The standard InChI is InChI=1S/C14H18FNO5S/c1-8(9(2)22(4,20)21)16(3)13(17)11-6-5-10(14(18)19)7-12(11)15/h5-9H,1-4H3,(H,18,19). The molecule has 1 rings (SSSR count). The molecule has 1 aromatic rings. The van der Waals surface area contributed by atoms with Crippen molar-refractivity contribution in [2.75, 3.05) is 13.3 Å².